The molecule has 1 aliphatic rings. The average Bonchev–Trinajstić information content (AvgIpc) is 3.27. The maximum absolute atomic E-state index is 13.3. The van der Waals surface area contributed by atoms with Crippen molar-refractivity contribution in [3.63, 3.8) is 0 Å². The SMILES string of the molecule is O=C(CN(c1ccc(I)cc1)S(=O)(=O)c1ccccc1)NCc1ccc(CN2CCCC2=O)cc1. The molecule has 4 rings (SSSR count). The molecule has 0 saturated carbocycles. The maximum atomic E-state index is 13.3. The van der Waals surface area contributed by atoms with Crippen LogP contribution in [-0.4, -0.2) is 38.2 Å². The number of halogens is 1. The summed E-state index contributed by atoms with van der Waals surface area (Å²) in [5.74, 6) is -0.223. The van der Waals surface area contributed by atoms with Gasteiger partial charge in [0, 0.05) is 29.6 Å². The van der Waals surface area contributed by atoms with Gasteiger partial charge in [-0.25, -0.2) is 8.42 Å². The molecule has 1 saturated heterocycles. The fourth-order valence-corrected chi connectivity index (χ4v) is 5.68. The van der Waals surface area contributed by atoms with Crippen molar-refractivity contribution < 1.29 is 18.0 Å². The van der Waals surface area contributed by atoms with Crippen LogP contribution in [0, 0.1) is 3.57 Å². The number of amides is 2. The molecular formula is C26H26IN3O4S. The van der Waals surface area contributed by atoms with Crippen LogP contribution in [0.15, 0.2) is 83.8 Å². The first kappa shape index (κ1) is 25.2. The highest BCUT2D eigenvalue weighted by Gasteiger charge is 2.27. The second-order valence-corrected chi connectivity index (χ2v) is 11.4. The smallest absolute Gasteiger partial charge is 0.264 e. The van der Waals surface area contributed by atoms with E-state index in [1.54, 1.807) is 42.5 Å². The third-order valence-electron chi connectivity index (χ3n) is 5.79. The predicted molar refractivity (Wildman–Crippen MR) is 143 cm³/mol. The lowest BCUT2D eigenvalue weighted by atomic mass is 10.1. The minimum Gasteiger partial charge on any atom is -0.350 e. The molecule has 7 nitrogen and oxygen atoms in total. The van der Waals surface area contributed by atoms with Crippen LogP contribution >= 0.6 is 22.6 Å². The molecule has 0 aliphatic carbocycles. The summed E-state index contributed by atoms with van der Waals surface area (Å²) in [5.41, 5.74) is 2.35. The van der Waals surface area contributed by atoms with E-state index in [1.807, 2.05) is 29.2 Å². The van der Waals surface area contributed by atoms with E-state index in [4.69, 9.17) is 0 Å². The third kappa shape index (κ3) is 6.40. The van der Waals surface area contributed by atoms with Gasteiger partial charge in [0.2, 0.25) is 11.8 Å². The van der Waals surface area contributed by atoms with E-state index in [1.165, 1.54) is 12.1 Å². The molecule has 0 spiro atoms. The number of sulfonamides is 1. The Balaban J connectivity index is 1.42. The molecule has 0 aromatic heterocycles. The minimum atomic E-state index is -3.93. The zero-order valence-corrected chi connectivity index (χ0v) is 22.0. The molecule has 0 atom stereocenters. The van der Waals surface area contributed by atoms with E-state index in [0.29, 0.717) is 18.7 Å². The highest BCUT2D eigenvalue weighted by atomic mass is 127. The lowest BCUT2D eigenvalue weighted by Gasteiger charge is -2.24. The Hall–Kier alpha value is -2.92. The van der Waals surface area contributed by atoms with Crippen molar-refractivity contribution in [1.82, 2.24) is 10.2 Å². The van der Waals surface area contributed by atoms with E-state index in [-0.39, 0.29) is 23.9 Å². The van der Waals surface area contributed by atoms with Gasteiger partial charge in [-0.1, -0.05) is 42.5 Å². The monoisotopic (exact) mass is 603 g/mol. The first-order chi connectivity index (χ1) is 16.8. The molecule has 3 aromatic rings. The van der Waals surface area contributed by atoms with Crippen LogP contribution in [0.3, 0.4) is 0 Å². The quantitative estimate of drug-likeness (QED) is 0.376. The Labute approximate surface area is 219 Å². The average molecular weight is 603 g/mol. The van der Waals surface area contributed by atoms with Gasteiger partial charge in [0.05, 0.1) is 10.6 Å². The first-order valence-electron chi connectivity index (χ1n) is 11.3. The van der Waals surface area contributed by atoms with Gasteiger partial charge in [0.15, 0.2) is 0 Å². The van der Waals surface area contributed by atoms with Crippen molar-refractivity contribution in [2.45, 2.75) is 30.8 Å². The Bertz CT molecular complexity index is 1280. The van der Waals surface area contributed by atoms with Crippen LogP contribution < -0.4 is 9.62 Å². The van der Waals surface area contributed by atoms with Gasteiger partial charge in [-0.3, -0.25) is 13.9 Å². The predicted octanol–water partition coefficient (Wildman–Crippen LogP) is 3.93. The fourth-order valence-electron chi connectivity index (χ4n) is 3.88. The molecule has 0 unspecified atom stereocenters. The standard InChI is InChI=1S/C26H26IN3O4S/c27-22-12-14-23(15-13-22)30(35(33,34)24-5-2-1-3-6-24)19-25(31)28-17-20-8-10-21(11-9-20)18-29-16-4-7-26(29)32/h1-3,5-6,8-15H,4,7,16-19H2,(H,28,31). The van der Waals surface area contributed by atoms with Crippen LogP contribution in [0.2, 0.25) is 0 Å². The van der Waals surface area contributed by atoms with Gasteiger partial charge in [-0.05, 0) is 76.5 Å². The van der Waals surface area contributed by atoms with E-state index >= 15 is 0 Å². The number of benzene rings is 3. The van der Waals surface area contributed by atoms with Crippen LogP contribution in [0.5, 0.6) is 0 Å². The summed E-state index contributed by atoms with van der Waals surface area (Å²) in [6.07, 6.45) is 1.52. The first-order valence-corrected chi connectivity index (χ1v) is 13.8. The van der Waals surface area contributed by atoms with Crippen molar-refractivity contribution in [1.29, 1.82) is 0 Å². The van der Waals surface area contributed by atoms with E-state index < -0.39 is 15.9 Å². The molecule has 1 heterocycles. The summed E-state index contributed by atoms with van der Waals surface area (Å²) >= 11 is 2.15. The van der Waals surface area contributed by atoms with Crippen LogP contribution in [0.1, 0.15) is 24.0 Å². The Morgan fingerprint density at radius 1 is 0.943 bits per heavy atom. The zero-order chi connectivity index (χ0) is 24.8. The van der Waals surface area contributed by atoms with Crippen LogP contribution in [0.4, 0.5) is 5.69 Å². The Morgan fingerprint density at radius 2 is 1.60 bits per heavy atom. The summed E-state index contributed by atoms with van der Waals surface area (Å²) in [7, 11) is -3.93. The molecule has 9 heteroatoms. The Kier molecular flexibility index (Phi) is 8.07. The number of anilines is 1. The number of nitrogens with zero attached hydrogens (tertiary/aromatic N) is 2. The second kappa shape index (κ2) is 11.2. The number of carbonyl (C=O) groups excluding carboxylic acids is 2. The second-order valence-electron chi connectivity index (χ2n) is 8.31. The largest absolute Gasteiger partial charge is 0.350 e. The van der Waals surface area contributed by atoms with Crippen molar-refractivity contribution in [2.24, 2.45) is 0 Å². The molecule has 1 N–H and O–H groups in total. The summed E-state index contributed by atoms with van der Waals surface area (Å²) in [6, 6.07) is 22.8. The highest BCUT2D eigenvalue weighted by molar-refractivity contribution is 14.1. The van der Waals surface area contributed by atoms with Crippen molar-refractivity contribution in [3.8, 4) is 0 Å². The molecule has 1 aliphatic heterocycles. The summed E-state index contributed by atoms with van der Waals surface area (Å²) in [5, 5.41) is 2.82. The topological polar surface area (TPSA) is 86.8 Å². The Morgan fingerprint density at radius 3 is 2.23 bits per heavy atom. The molecule has 0 radical (unpaired) electrons. The lowest BCUT2D eigenvalue weighted by Crippen LogP contribution is -2.40. The van der Waals surface area contributed by atoms with Crippen molar-refractivity contribution >= 4 is 50.1 Å². The fraction of sp³-hybridized carbons (Fsp3) is 0.231. The van der Waals surface area contributed by atoms with Crippen LogP contribution in [-0.2, 0) is 32.7 Å². The minimum absolute atomic E-state index is 0.124. The van der Waals surface area contributed by atoms with E-state index in [2.05, 4.69) is 27.9 Å². The molecule has 35 heavy (non-hydrogen) atoms. The molecule has 2 amide bonds. The van der Waals surface area contributed by atoms with Crippen LogP contribution in [0.25, 0.3) is 0 Å². The van der Waals surface area contributed by atoms with E-state index in [0.717, 1.165) is 32.0 Å². The number of hydrogen-bond donors (Lipinski definition) is 1. The molecule has 1 fully saturated rings. The number of rotatable bonds is 9. The number of likely N-dealkylation sites (tertiary alicyclic amines) is 1. The highest BCUT2D eigenvalue weighted by Crippen LogP contribution is 2.24. The normalized spacial score (nSPS) is 13.6. The zero-order valence-electron chi connectivity index (χ0n) is 19.1. The van der Waals surface area contributed by atoms with Gasteiger partial charge in [0.25, 0.3) is 10.0 Å². The molecule has 182 valence electrons. The lowest BCUT2D eigenvalue weighted by molar-refractivity contribution is -0.128. The van der Waals surface area contributed by atoms with Gasteiger partial charge in [0.1, 0.15) is 6.54 Å². The number of nitrogens with one attached hydrogen (secondary N) is 1. The summed E-state index contributed by atoms with van der Waals surface area (Å²) < 4.78 is 28.8. The summed E-state index contributed by atoms with van der Waals surface area (Å²) in [4.78, 5) is 26.6. The summed E-state index contributed by atoms with van der Waals surface area (Å²) in [6.45, 7) is 1.31. The van der Waals surface area contributed by atoms with Crippen molar-refractivity contribution in [2.75, 3.05) is 17.4 Å². The van der Waals surface area contributed by atoms with Gasteiger partial charge in [-0.15, -0.1) is 0 Å². The van der Waals surface area contributed by atoms with Gasteiger partial charge < -0.3 is 10.2 Å². The van der Waals surface area contributed by atoms with Gasteiger partial charge >= 0.3 is 0 Å². The molecular weight excluding hydrogens is 577 g/mol. The van der Waals surface area contributed by atoms with E-state index in [9.17, 15) is 18.0 Å². The van der Waals surface area contributed by atoms with Crippen molar-refractivity contribution in [3.05, 3.63) is 93.6 Å². The third-order valence-corrected chi connectivity index (χ3v) is 8.30. The van der Waals surface area contributed by atoms with Gasteiger partial charge in [-0.2, -0.15) is 0 Å². The maximum Gasteiger partial charge on any atom is 0.264 e. The number of carbonyl (C=O) groups is 2. The molecule has 3 aromatic carbocycles. The number of hydrogen-bond acceptors (Lipinski definition) is 4. The molecule has 0 bridgehead atoms.